The third-order valence-corrected chi connectivity index (χ3v) is 4.27. The first kappa shape index (κ1) is 17.7. The van der Waals surface area contributed by atoms with Crippen LogP contribution in [0.15, 0.2) is 30.5 Å². The second kappa shape index (κ2) is 6.12. The van der Waals surface area contributed by atoms with E-state index in [0.29, 0.717) is 5.75 Å². The molecule has 0 unspecified atom stereocenters. The van der Waals surface area contributed by atoms with Gasteiger partial charge in [-0.3, -0.25) is 0 Å². The normalized spacial score (nSPS) is 12.4. The summed E-state index contributed by atoms with van der Waals surface area (Å²) in [6.45, 7) is 12.8. The zero-order chi connectivity index (χ0) is 17.4. The van der Waals surface area contributed by atoms with E-state index < -0.39 is 0 Å². The Hall–Kier alpha value is -1.61. The van der Waals surface area contributed by atoms with Gasteiger partial charge in [-0.25, -0.2) is 0 Å². The first-order valence-corrected chi connectivity index (χ1v) is 8.44. The van der Waals surface area contributed by atoms with Gasteiger partial charge < -0.3 is 10.1 Å². The summed E-state index contributed by atoms with van der Waals surface area (Å²) in [6.07, 6.45) is 2.66. The summed E-state index contributed by atoms with van der Waals surface area (Å²) in [4.78, 5) is 3.26. The number of phenols is 1. The first-order chi connectivity index (χ1) is 10.5. The quantitative estimate of drug-likeness (QED) is 0.700. The fourth-order valence-electron chi connectivity index (χ4n) is 2.75. The Bertz CT molecular complexity index is 725. The molecule has 0 spiro atoms. The van der Waals surface area contributed by atoms with E-state index in [1.165, 1.54) is 5.56 Å². The van der Waals surface area contributed by atoms with Crippen LogP contribution in [-0.4, -0.2) is 10.1 Å². The summed E-state index contributed by atoms with van der Waals surface area (Å²) in [5.41, 5.74) is 4.05. The second-order valence-electron chi connectivity index (χ2n) is 8.27. The highest BCUT2D eigenvalue weighted by atomic mass is 32.1. The molecule has 2 aromatic rings. The fraction of sp³-hybridized carbons (Fsp3) is 0.450. The summed E-state index contributed by atoms with van der Waals surface area (Å²) >= 11 is 5.25. The predicted octanol–water partition coefficient (Wildman–Crippen LogP) is 5.64. The van der Waals surface area contributed by atoms with Crippen molar-refractivity contribution in [1.82, 2.24) is 4.98 Å². The largest absolute Gasteiger partial charge is 0.507 e. The number of phenolic OH excluding ortho intramolecular Hbond substituents is 1. The average Bonchev–Trinajstić information content (AvgIpc) is 2.38. The fourth-order valence-corrected chi connectivity index (χ4v) is 2.96. The number of hydrogen-bond donors (Lipinski definition) is 2. The van der Waals surface area contributed by atoms with E-state index in [-0.39, 0.29) is 10.8 Å². The van der Waals surface area contributed by atoms with Crippen LogP contribution in [0.3, 0.4) is 0 Å². The van der Waals surface area contributed by atoms with E-state index >= 15 is 0 Å². The molecule has 0 aliphatic rings. The lowest BCUT2D eigenvalue weighted by molar-refractivity contribution is 0.423. The van der Waals surface area contributed by atoms with Crippen LogP contribution in [0, 0.1) is 4.51 Å². The molecule has 1 heterocycles. The molecule has 0 aliphatic heterocycles. The van der Waals surface area contributed by atoms with Crippen LogP contribution >= 0.6 is 12.2 Å². The summed E-state index contributed by atoms with van der Waals surface area (Å²) in [7, 11) is 0. The standard InChI is InChI=1S/C20H27NOS/c1-19(2,3)16-10-13(9-14-12-15(23)7-8-21-14)11-17(18(16)22)20(4,5)6/h7-8,10-12,22H,9H2,1-6H3,(H,21,23). The molecule has 2 rings (SSSR count). The van der Waals surface area contributed by atoms with Gasteiger partial charge in [-0.15, -0.1) is 0 Å². The van der Waals surface area contributed by atoms with Crippen LogP contribution in [-0.2, 0) is 17.3 Å². The number of benzene rings is 1. The maximum Gasteiger partial charge on any atom is 0.123 e. The topological polar surface area (TPSA) is 36.0 Å². The maximum atomic E-state index is 10.8. The minimum absolute atomic E-state index is 0.107. The van der Waals surface area contributed by atoms with E-state index in [2.05, 4.69) is 58.7 Å². The van der Waals surface area contributed by atoms with Gasteiger partial charge in [0.2, 0.25) is 0 Å². The number of aromatic hydroxyl groups is 1. The zero-order valence-corrected chi connectivity index (χ0v) is 15.8. The predicted molar refractivity (Wildman–Crippen MR) is 99.9 cm³/mol. The molecule has 0 bridgehead atoms. The highest BCUT2D eigenvalue weighted by Crippen LogP contribution is 2.40. The maximum absolute atomic E-state index is 10.8. The number of pyridine rings is 1. The van der Waals surface area contributed by atoms with Crippen molar-refractivity contribution >= 4 is 12.2 Å². The van der Waals surface area contributed by atoms with Crippen molar-refractivity contribution in [2.75, 3.05) is 0 Å². The van der Waals surface area contributed by atoms with Crippen molar-refractivity contribution in [3.8, 4) is 5.75 Å². The van der Waals surface area contributed by atoms with Gasteiger partial charge >= 0.3 is 0 Å². The number of hydrogen-bond acceptors (Lipinski definition) is 2. The minimum atomic E-state index is -0.107. The molecule has 0 saturated heterocycles. The SMILES string of the molecule is CC(C)(C)c1cc(Cc2cc(=S)cc[nH]2)cc(C(C)(C)C)c1O. The van der Waals surface area contributed by atoms with Gasteiger partial charge in [-0.05, 0) is 39.7 Å². The van der Waals surface area contributed by atoms with Gasteiger partial charge in [0.05, 0.1) is 0 Å². The van der Waals surface area contributed by atoms with Crippen LogP contribution in [0.5, 0.6) is 5.75 Å². The molecule has 0 aliphatic carbocycles. The van der Waals surface area contributed by atoms with Gasteiger partial charge in [0.1, 0.15) is 5.75 Å². The summed E-state index contributed by atoms with van der Waals surface area (Å²) in [5, 5.41) is 10.8. The first-order valence-electron chi connectivity index (χ1n) is 8.03. The van der Waals surface area contributed by atoms with Crippen molar-refractivity contribution in [3.63, 3.8) is 0 Å². The molecule has 2 N–H and O–H groups in total. The summed E-state index contributed by atoms with van der Waals surface area (Å²) < 4.78 is 0.838. The molecule has 1 aromatic carbocycles. The molecular weight excluding hydrogens is 302 g/mol. The van der Waals surface area contributed by atoms with Crippen molar-refractivity contribution in [2.24, 2.45) is 0 Å². The average molecular weight is 330 g/mol. The lowest BCUT2D eigenvalue weighted by Crippen LogP contribution is -2.18. The molecular formula is C20H27NOS. The van der Waals surface area contributed by atoms with Crippen LogP contribution in [0.1, 0.15) is 63.9 Å². The van der Waals surface area contributed by atoms with Crippen LogP contribution in [0.2, 0.25) is 0 Å². The van der Waals surface area contributed by atoms with Gasteiger partial charge in [-0.2, -0.15) is 0 Å². The lowest BCUT2D eigenvalue weighted by atomic mass is 9.78. The molecule has 1 aromatic heterocycles. The van der Waals surface area contributed by atoms with Crippen LogP contribution in [0.25, 0.3) is 0 Å². The lowest BCUT2D eigenvalue weighted by Gasteiger charge is -2.28. The Morgan fingerprint density at radius 3 is 1.91 bits per heavy atom. The Kier molecular flexibility index (Phi) is 4.72. The third kappa shape index (κ3) is 4.23. The Morgan fingerprint density at radius 2 is 1.48 bits per heavy atom. The molecule has 124 valence electrons. The zero-order valence-electron chi connectivity index (χ0n) is 14.9. The molecule has 23 heavy (non-hydrogen) atoms. The third-order valence-electron chi connectivity index (χ3n) is 4.01. The Labute approximate surface area is 144 Å². The summed E-state index contributed by atoms with van der Waals surface area (Å²) in [6, 6.07) is 8.12. The van der Waals surface area contributed by atoms with E-state index in [0.717, 1.165) is 27.8 Å². The van der Waals surface area contributed by atoms with Crippen LogP contribution < -0.4 is 0 Å². The van der Waals surface area contributed by atoms with E-state index in [1.54, 1.807) is 0 Å². The van der Waals surface area contributed by atoms with Gasteiger partial charge in [0.25, 0.3) is 0 Å². The minimum Gasteiger partial charge on any atom is -0.507 e. The number of nitrogens with one attached hydrogen (secondary N) is 1. The molecule has 0 amide bonds. The Balaban J connectivity index is 2.58. The highest BCUT2D eigenvalue weighted by Gasteiger charge is 2.26. The number of rotatable bonds is 2. The smallest absolute Gasteiger partial charge is 0.123 e. The monoisotopic (exact) mass is 329 g/mol. The van der Waals surface area contributed by atoms with E-state index in [9.17, 15) is 5.11 Å². The highest BCUT2D eigenvalue weighted by molar-refractivity contribution is 7.71. The molecule has 0 fully saturated rings. The van der Waals surface area contributed by atoms with Crippen LogP contribution in [0.4, 0.5) is 0 Å². The van der Waals surface area contributed by atoms with Crippen molar-refractivity contribution < 1.29 is 5.11 Å². The molecule has 2 nitrogen and oxygen atoms in total. The number of aromatic nitrogens is 1. The molecule has 0 saturated carbocycles. The van der Waals surface area contributed by atoms with Crippen molar-refractivity contribution in [1.29, 1.82) is 0 Å². The molecule has 0 atom stereocenters. The number of aromatic amines is 1. The second-order valence-corrected chi connectivity index (χ2v) is 8.74. The van der Waals surface area contributed by atoms with Gasteiger partial charge in [0.15, 0.2) is 0 Å². The van der Waals surface area contributed by atoms with E-state index in [1.807, 2.05) is 18.3 Å². The summed E-state index contributed by atoms with van der Waals surface area (Å²) in [5.74, 6) is 0.426. The number of H-pyrrole nitrogens is 1. The molecule has 0 radical (unpaired) electrons. The molecule has 3 heteroatoms. The Morgan fingerprint density at radius 1 is 0.957 bits per heavy atom. The van der Waals surface area contributed by atoms with Crippen molar-refractivity contribution in [2.45, 2.75) is 58.8 Å². The van der Waals surface area contributed by atoms with Gasteiger partial charge in [-0.1, -0.05) is 65.9 Å². The van der Waals surface area contributed by atoms with Crippen molar-refractivity contribution in [3.05, 3.63) is 57.4 Å². The van der Waals surface area contributed by atoms with Gasteiger partial charge in [0, 0.05) is 22.8 Å². The van der Waals surface area contributed by atoms with E-state index in [4.69, 9.17) is 12.2 Å².